The fourth-order valence-corrected chi connectivity index (χ4v) is 6.85. The molecule has 3 aromatic carbocycles. The average molecular weight is 724 g/mol. The largest absolute Gasteiger partial charge is 0.490 e. The number of anilines is 1. The Bertz CT molecular complexity index is 1790. The maximum atomic E-state index is 13.8. The van der Waals surface area contributed by atoms with Crippen molar-refractivity contribution in [3.63, 3.8) is 0 Å². The molecule has 1 heterocycles. The lowest BCUT2D eigenvalue weighted by Crippen LogP contribution is -2.51. The zero-order valence-corrected chi connectivity index (χ0v) is 27.2. The van der Waals surface area contributed by atoms with Gasteiger partial charge in [-0.2, -0.15) is 13.2 Å². The van der Waals surface area contributed by atoms with Crippen molar-refractivity contribution in [1.82, 2.24) is 10.0 Å². The van der Waals surface area contributed by atoms with Gasteiger partial charge in [-0.1, -0.05) is 60.7 Å². The second kappa shape index (κ2) is 16.9. The first-order valence-corrected chi connectivity index (χ1v) is 16.9. The highest BCUT2D eigenvalue weighted by Gasteiger charge is 2.38. The van der Waals surface area contributed by atoms with E-state index in [4.69, 9.17) is 26.2 Å². The molecule has 18 heteroatoms. The van der Waals surface area contributed by atoms with Crippen molar-refractivity contribution in [2.75, 3.05) is 17.2 Å². The monoisotopic (exact) mass is 723 g/mol. The molecule has 0 saturated heterocycles. The number of aryl methyl sites for hydroxylation is 1. The summed E-state index contributed by atoms with van der Waals surface area (Å²) in [7, 11) is -3.91. The molecule has 0 unspecified atom stereocenters. The molecule has 0 fully saturated rings. The summed E-state index contributed by atoms with van der Waals surface area (Å²) in [5, 5.41) is 26.5. The van der Waals surface area contributed by atoms with E-state index in [1.807, 2.05) is 0 Å². The van der Waals surface area contributed by atoms with Crippen LogP contribution in [-0.4, -0.2) is 72.7 Å². The molecular formula is C31H32F3N5O8S2. The molecular weight excluding hydrogens is 691 g/mol. The van der Waals surface area contributed by atoms with E-state index in [0.717, 1.165) is 5.56 Å². The molecule has 1 atom stereocenters. The Labute approximate surface area is 283 Å². The molecule has 0 radical (unpaired) electrons. The molecule has 0 aromatic heterocycles. The summed E-state index contributed by atoms with van der Waals surface area (Å²) in [5.41, 5.74) is 8.45. The third kappa shape index (κ3) is 12.2. The number of hydrogen-bond acceptors (Lipinski definition) is 8. The Morgan fingerprint density at radius 2 is 1.59 bits per heavy atom. The molecule has 3 aromatic rings. The van der Waals surface area contributed by atoms with Crippen LogP contribution in [0.15, 0.2) is 77.7 Å². The molecule has 4 rings (SSSR count). The van der Waals surface area contributed by atoms with Gasteiger partial charge in [0.05, 0.1) is 11.4 Å². The number of carbonyl (C=O) groups excluding carboxylic acids is 2. The van der Waals surface area contributed by atoms with Gasteiger partial charge in [0, 0.05) is 29.2 Å². The van der Waals surface area contributed by atoms with Crippen LogP contribution in [0.25, 0.3) is 0 Å². The van der Waals surface area contributed by atoms with Crippen LogP contribution in [0.3, 0.4) is 0 Å². The molecule has 2 amide bonds. The molecule has 262 valence electrons. The van der Waals surface area contributed by atoms with E-state index >= 15 is 0 Å². The number of benzene rings is 3. The maximum absolute atomic E-state index is 13.8. The SMILES string of the molecule is N=C(N)c1ccc(CNC(=O)CN2C(=O)[C@H](NS(=O)(=O)Cc3ccccc3)CSc3ccc(CCC(=O)O)cc32)cc1.O=C(O)C(F)(F)F. The van der Waals surface area contributed by atoms with Crippen LogP contribution >= 0.6 is 11.8 Å². The zero-order valence-electron chi connectivity index (χ0n) is 25.6. The third-order valence-electron chi connectivity index (χ3n) is 6.73. The van der Waals surface area contributed by atoms with E-state index in [9.17, 15) is 36.0 Å². The van der Waals surface area contributed by atoms with E-state index in [0.29, 0.717) is 27.3 Å². The second-order valence-electron chi connectivity index (χ2n) is 10.5. The highest BCUT2D eigenvalue weighted by Crippen LogP contribution is 2.36. The number of halogens is 3. The van der Waals surface area contributed by atoms with E-state index in [-0.39, 0.29) is 43.3 Å². The quantitative estimate of drug-likeness (QED) is 0.119. The number of thioether (sulfide) groups is 1. The van der Waals surface area contributed by atoms with Crippen molar-refractivity contribution in [2.24, 2.45) is 5.73 Å². The minimum Gasteiger partial charge on any atom is -0.481 e. The van der Waals surface area contributed by atoms with Crippen LogP contribution < -0.4 is 20.7 Å². The van der Waals surface area contributed by atoms with Crippen molar-refractivity contribution < 1.29 is 51.0 Å². The number of nitrogens with two attached hydrogens (primary N) is 1. The first kappa shape index (κ1) is 38.5. The van der Waals surface area contributed by atoms with E-state index in [2.05, 4.69) is 10.0 Å². The molecule has 1 aliphatic heterocycles. The number of amidine groups is 1. The van der Waals surface area contributed by atoms with Crippen LogP contribution in [0, 0.1) is 5.41 Å². The first-order chi connectivity index (χ1) is 22.9. The number of hydrogen-bond donors (Lipinski definition) is 6. The minimum atomic E-state index is -5.08. The van der Waals surface area contributed by atoms with E-state index in [1.54, 1.807) is 72.8 Å². The van der Waals surface area contributed by atoms with Crippen LogP contribution in [0.4, 0.5) is 18.9 Å². The Kier molecular flexibility index (Phi) is 13.3. The number of carbonyl (C=O) groups is 4. The number of alkyl halides is 3. The van der Waals surface area contributed by atoms with Crippen LogP contribution in [0.2, 0.25) is 0 Å². The molecule has 7 N–H and O–H groups in total. The van der Waals surface area contributed by atoms with Gasteiger partial charge in [0.2, 0.25) is 21.8 Å². The standard InChI is InChI=1S/C29H31N5O6S2.C2HF3O2/c30-28(31)22-10-6-20(7-11-22)15-32-26(35)16-34-24-14-19(9-13-27(36)37)8-12-25(24)41-17-23(29(34)38)33-42(39,40)18-21-4-2-1-3-5-21;3-2(4,5)1(6)7/h1-8,10-12,14,23,33H,9,13,15-18H2,(H3,30,31)(H,32,35)(H,36,37);(H,6,7)/t23-;/m1./s1. The Morgan fingerprint density at radius 3 is 2.16 bits per heavy atom. The number of nitrogens with one attached hydrogen (secondary N) is 3. The van der Waals surface area contributed by atoms with Gasteiger partial charge >= 0.3 is 18.1 Å². The van der Waals surface area contributed by atoms with Gasteiger partial charge in [-0.25, -0.2) is 17.9 Å². The predicted octanol–water partition coefficient (Wildman–Crippen LogP) is 2.86. The van der Waals surface area contributed by atoms with E-state index in [1.165, 1.54) is 16.7 Å². The number of aliphatic carboxylic acids is 2. The topological polar surface area (TPSA) is 220 Å². The number of fused-ring (bicyclic) bond motifs is 1. The molecule has 49 heavy (non-hydrogen) atoms. The Balaban J connectivity index is 0.000000838. The van der Waals surface area contributed by atoms with Crippen molar-refractivity contribution in [3.8, 4) is 0 Å². The fourth-order valence-electron chi connectivity index (χ4n) is 4.36. The molecule has 0 bridgehead atoms. The van der Waals surface area contributed by atoms with Gasteiger partial charge in [-0.05, 0) is 35.2 Å². The smallest absolute Gasteiger partial charge is 0.481 e. The predicted molar refractivity (Wildman–Crippen MR) is 174 cm³/mol. The van der Waals surface area contributed by atoms with Crippen molar-refractivity contribution in [2.45, 2.75) is 42.3 Å². The minimum absolute atomic E-state index is 0.0709. The number of rotatable bonds is 12. The van der Waals surface area contributed by atoms with Crippen molar-refractivity contribution in [3.05, 3.63) is 95.1 Å². The van der Waals surface area contributed by atoms with Crippen LogP contribution in [0.1, 0.15) is 28.7 Å². The normalized spacial score (nSPS) is 14.5. The number of amides is 2. The van der Waals surface area contributed by atoms with Gasteiger partial charge in [0.15, 0.2) is 0 Å². The Hall–Kier alpha value is -4.94. The van der Waals surface area contributed by atoms with Crippen LogP contribution in [0.5, 0.6) is 0 Å². The molecule has 0 aliphatic carbocycles. The molecule has 0 saturated carbocycles. The number of nitrogen functional groups attached to an aromatic ring is 1. The number of nitrogens with zero attached hydrogens (tertiary/aromatic N) is 1. The third-order valence-corrected chi connectivity index (χ3v) is 9.24. The molecule has 13 nitrogen and oxygen atoms in total. The summed E-state index contributed by atoms with van der Waals surface area (Å²) >= 11 is 1.28. The molecule has 0 spiro atoms. The summed E-state index contributed by atoms with van der Waals surface area (Å²) in [4.78, 5) is 48.8. The Morgan fingerprint density at radius 1 is 0.980 bits per heavy atom. The highest BCUT2D eigenvalue weighted by atomic mass is 32.2. The lowest BCUT2D eigenvalue weighted by Gasteiger charge is -2.26. The first-order valence-electron chi connectivity index (χ1n) is 14.3. The van der Waals surface area contributed by atoms with Crippen molar-refractivity contribution in [1.29, 1.82) is 5.41 Å². The van der Waals surface area contributed by atoms with Gasteiger partial charge in [-0.3, -0.25) is 19.8 Å². The average Bonchev–Trinajstić information content (AvgIpc) is 3.15. The maximum Gasteiger partial charge on any atom is 0.490 e. The summed E-state index contributed by atoms with van der Waals surface area (Å²) in [6, 6.07) is 19.5. The number of carboxylic acid groups (broad SMARTS) is 2. The van der Waals surface area contributed by atoms with E-state index < -0.39 is 46.0 Å². The highest BCUT2D eigenvalue weighted by molar-refractivity contribution is 7.99. The second-order valence-corrected chi connectivity index (χ2v) is 13.4. The van der Waals surface area contributed by atoms with Gasteiger partial charge in [0.25, 0.3) is 0 Å². The van der Waals surface area contributed by atoms with Gasteiger partial charge in [0.1, 0.15) is 18.4 Å². The summed E-state index contributed by atoms with van der Waals surface area (Å²) < 4.78 is 60.3. The van der Waals surface area contributed by atoms with Gasteiger partial charge in [-0.15, -0.1) is 11.8 Å². The zero-order chi connectivity index (χ0) is 36.4. The lowest BCUT2D eigenvalue weighted by molar-refractivity contribution is -0.192. The summed E-state index contributed by atoms with van der Waals surface area (Å²) in [6.07, 6.45) is -4.96. The number of sulfonamides is 1. The van der Waals surface area contributed by atoms with Crippen molar-refractivity contribution >= 4 is 57.1 Å². The number of carboxylic acids is 2. The fraction of sp³-hybridized carbons (Fsp3) is 0.258. The van der Waals surface area contributed by atoms with Gasteiger partial charge < -0.3 is 26.2 Å². The summed E-state index contributed by atoms with van der Waals surface area (Å²) in [5.74, 6) is -5.05. The molecule has 1 aliphatic rings. The lowest BCUT2D eigenvalue weighted by atomic mass is 10.1. The van der Waals surface area contributed by atoms with Crippen LogP contribution in [-0.2, 0) is 47.9 Å². The summed E-state index contributed by atoms with van der Waals surface area (Å²) in [6.45, 7) is -0.219.